The normalized spacial score (nSPS) is 10.3. The van der Waals surface area contributed by atoms with E-state index in [2.05, 4.69) is 11.4 Å². The second-order valence-corrected chi connectivity index (χ2v) is 3.54. The van der Waals surface area contributed by atoms with Crippen molar-refractivity contribution in [2.24, 2.45) is 0 Å². The molecule has 0 amide bonds. The summed E-state index contributed by atoms with van der Waals surface area (Å²) in [6, 6.07) is 8.11. The van der Waals surface area contributed by atoms with Gasteiger partial charge in [0.05, 0.1) is 0 Å². The van der Waals surface area contributed by atoms with Crippen LogP contribution in [0.2, 0.25) is 0 Å². The molecule has 0 aliphatic carbocycles. The number of ether oxygens (including phenoxy) is 1. The molecule has 84 valence electrons. The van der Waals surface area contributed by atoms with Gasteiger partial charge in [0.15, 0.2) is 0 Å². The third-order valence-electron chi connectivity index (χ3n) is 2.15. The molecule has 0 fully saturated rings. The monoisotopic (exact) mass is 227 g/mol. The van der Waals surface area contributed by atoms with Gasteiger partial charge in [-0.05, 0) is 25.0 Å². The van der Waals surface area contributed by atoms with Crippen LogP contribution in [0.5, 0.6) is 0 Å². The lowest BCUT2D eigenvalue weighted by Gasteiger charge is -2.09. The predicted octanol–water partition coefficient (Wildman–Crippen LogP) is 3.26. The minimum atomic E-state index is 0.550. The Bertz CT molecular complexity index is 278. The molecule has 2 nitrogen and oxygen atoms in total. The zero-order chi connectivity index (χ0) is 10.9. The first-order chi connectivity index (χ1) is 7.38. The van der Waals surface area contributed by atoms with E-state index < -0.39 is 0 Å². The molecule has 1 aromatic rings. The molecule has 0 saturated heterocycles. The van der Waals surface area contributed by atoms with Gasteiger partial charge in [0.25, 0.3) is 0 Å². The number of halogens is 1. The summed E-state index contributed by atoms with van der Waals surface area (Å²) >= 11 is 5.83. The van der Waals surface area contributed by atoms with Gasteiger partial charge in [0.1, 0.15) is 0 Å². The second-order valence-electron chi connectivity index (χ2n) is 3.27. The summed E-state index contributed by atoms with van der Waals surface area (Å²) in [5.74, 6) is 0.550. The summed E-state index contributed by atoms with van der Waals surface area (Å²) in [5, 5.41) is 3.36. The van der Waals surface area contributed by atoms with Gasteiger partial charge in [-0.1, -0.05) is 18.2 Å². The maximum atomic E-state index is 5.83. The number of para-hydroxylation sites is 1. The van der Waals surface area contributed by atoms with Crippen molar-refractivity contribution < 1.29 is 4.74 Å². The largest absolute Gasteiger partial charge is 0.385 e. The highest BCUT2D eigenvalue weighted by atomic mass is 35.5. The number of hydrogen-bond donors (Lipinski definition) is 1. The highest BCUT2D eigenvalue weighted by Gasteiger charge is 1.98. The first-order valence-electron chi connectivity index (χ1n) is 5.34. The molecule has 3 heteroatoms. The molecule has 0 aromatic heterocycles. The lowest BCUT2D eigenvalue weighted by Crippen LogP contribution is -2.06. The molecule has 0 atom stereocenters. The van der Waals surface area contributed by atoms with Crippen LogP contribution >= 0.6 is 11.6 Å². The Labute approximate surface area is 96.6 Å². The number of alkyl halides is 1. The molecule has 1 N–H and O–H groups in total. The molecule has 0 aliphatic heterocycles. The van der Waals surface area contributed by atoms with Crippen LogP contribution in [0.4, 0.5) is 5.69 Å². The number of hydrogen-bond acceptors (Lipinski definition) is 2. The third kappa shape index (κ3) is 4.54. The van der Waals surface area contributed by atoms with Crippen LogP contribution in [0.15, 0.2) is 24.3 Å². The number of benzene rings is 1. The molecule has 15 heavy (non-hydrogen) atoms. The molecule has 0 radical (unpaired) electrons. The molecule has 0 heterocycles. The van der Waals surface area contributed by atoms with Gasteiger partial charge in [0, 0.05) is 31.3 Å². The number of nitrogens with one attached hydrogen (secondary N) is 1. The van der Waals surface area contributed by atoms with Gasteiger partial charge < -0.3 is 10.1 Å². The van der Waals surface area contributed by atoms with Crippen molar-refractivity contribution in [3.05, 3.63) is 29.8 Å². The van der Waals surface area contributed by atoms with Gasteiger partial charge >= 0.3 is 0 Å². The van der Waals surface area contributed by atoms with Crippen molar-refractivity contribution in [3.63, 3.8) is 0 Å². The Morgan fingerprint density at radius 2 is 2.13 bits per heavy atom. The van der Waals surface area contributed by atoms with E-state index in [9.17, 15) is 0 Å². The summed E-state index contributed by atoms with van der Waals surface area (Å²) in [6.07, 6.45) is 1.02. The van der Waals surface area contributed by atoms with E-state index >= 15 is 0 Å². The molecular formula is C12H18ClNO. The quantitative estimate of drug-likeness (QED) is 0.570. The smallest absolute Gasteiger partial charge is 0.0494 e. The number of rotatable bonds is 7. The zero-order valence-corrected chi connectivity index (χ0v) is 9.89. The summed E-state index contributed by atoms with van der Waals surface area (Å²) in [6.45, 7) is 4.54. The predicted molar refractivity (Wildman–Crippen MR) is 65.6 cm³/mol. The summed E-state index contributed by atoms with van der Waals surface area (Å²) in [5.41, 5.74) is 2.28. The fraction of sp³-hybridized carbons (Fsp3) is 0.500. The van der Waals surface area contributed by atoms with Gasteiger partial charge in [-0.15, -0.1) is 11.6 Å². The van der Waals surface area contributed by atoms with Crippen LogP contribution in [0.25, 0.3) is 0 Å². The van der Waals surface area contributed by atoms with Crippen LogP contribution in [0.3, 0.4) is 0 Å². The van der Waals surface area contributed by atoms with Crippen molar-refractivity contribution in [1.29, 1.82) is 0 Å². The van der Waals surface area contributed by atoms with E-state index in [1.165, 1.54) is 0 Å². The van der Waals surface area contributed by atoms with E-state index in [1.54, 1.807) is 0 Å². The van der Waals surface area contributed by atoms with Crippen molar-refractivity contribution in [2.45, 2.75) is 19.2 Å². The van der Waals surface area contributed by atoms with E-state index in [4.69, 9.17) is 16.3 Å². The Hall–Kier alpha value is -0.730. The Morgan fingerprint density at radius 1 is 1.33 bits per heavy atom. The molecule has 0 unspecified atom stereocenters. The highest BCUT2D eigenvalue weighted by molar-refractivity contribution is 6.17. The molecule has 0 saturated carbocycles. The molecule has 0 bridgehead atoms. The van der Waals surface area contributed by atoms with Crippen LogP contribution < -0.4 is 5.32 Å². The maximum Gasteiger partial charge on any atom is 0.0494 e. The topological polar surface area (TPSA) is 21.3 Å². The summed E-state index contributed by atoms with van der Waals surface area (Å²) in [4.78, 5) is 0. The van der Waals surface area contributed by atoms with E-state index in [1.807, 2.05) is 25.1 Å². The van der Waals surface area contributed by atoms with Crippen molar-refractivity contribution >= 4 is 17.3 Å². The summed E-state index contributed by atoms with van der Waals surface area (Å²) < 4.78 is 5.26. The Balaban J connectivity index is 2.30. The molecule has 0 aliphatic rings. The number of anilines is 1. The van der Waals surface area contributed by atoms with Gasteiger partial charge in [-0.3, -0.25) is 0 Å². The second kappa shape index (κ2) is 7.55. The fourth-order valence-corrected chi connectivity index (χ4v) is 1.58. The van der Waals surface area contributed by atoms with Crippen LogP contribution in [0, 0.1) is 0 Å². The average molecular weight is 228 g/mol. The van der Waals surface area contributed by atoms with Crippen LogP contribution in [-0.4, -0.2) is 19.8 Å². The van der Waals surface area contributed by atoms with Gasteiger partial charge in [-0.2, -0.15) is 0 Å². The van der Waals surface area contributed by atoms with Gasteiger partial charge in [-0.25, -0.2) is 0 Å². The Kier molecular flexibility index (Phi) is 6.21. The van der Waals surface area contributed by atoms with Gasteiger partial charge in [0.2, 0.25) is 0 Å². The lowest BCUT2D eigenvalue weighted by atomic mass is 10.2. The first kappa shape index (κ1) is 12.3. The zero-order valence-electron chi connectivity index (χ0n) is 9.13. The van der Waals surface area contributed by atoms with Crippen molar-refractivity contribution in [2.75, 3.05) is 25.1 Å². The van der Waals surface area contributed by atoms with E-state index in [0.29, 0.717) is 5.88 Å². The maximum absolute atomic E-state index is 5.83. The molecule has 0 spiro atoms. The van der Waals surface area contributed by atoms with Crippen molar-refractivity contribution in [3.8, 4) is 0 Å². The van der Waals surface area contributed by atoms with Crippen molar-refractivity contribution in [1.82, 2.24) is 0 Å². The summed E-state index contributed by atoms with van der Waals surface area (Å²) in [7, 11) is 0. The first-order valence-corrected chi connectivity index (χ1v) is 5.87. The van der Waals surface area contributed by atoms with Crippen LogP contribution in [-0.2, 0) is 10.6 Å². The Morgan fingerprint density at radius 3 is 2.87 bits per heavy atom. The van der Waals surface area contributed by atoms with Crippen LogP contribution in [0.1, 0.15) is 18.9 Å². The molecule has 1 aromatic carbocycles. The fourth-order valence-electron chi connectivity index (χ4n) is 1.35. The molecule has 1 rings (SSSR count). The highest BCUT2D eigenvalue weighted by Crippen LogP contribution is 2.16. The SMILES string of the molecule is CCOCCCNc1ccccc1CCl. The standard InChI is InChI=1S/C12H18ClNO/c1-2-15-9-5-8-14-12-7-4-3-6-11(12)10-13/h3-4,6-7,14H,2,5,8-10H2,1H3. The van der Waals surface area contributed by atoms with E-state index in [0.717, 1.165) is 37.4 Å². The average Bonchev–Trinajstić information content (AvgIpc) is 2.29. The minimum Gasteiger partial charge on any atom is -0.385 e. The molecular weight excluding hydrogens is 210 g/mol. The minimum absolute atomic E-state index is 0.550. The lowest BCUT2D eigenvalue weighted by molar-refractivity contribution is 0.147. The third-order valence-corrected chi connectivity index (χ3v) is 2.43. The van der Waals surface area contributed by atoms with E-state index in [-0.39, 0.29) is 0 Å².